The Morgan fingerprint density at radius 3 is 0.854 bits per heavy atom. The fourth-order valence-electron chi connectivity index (χ4n) is 6.48. The predicted molar refractivity (Wildman–Crippen MR) is 197 cm³/mol. The first-order valence-electron chi connectivity index (χ1n) is 15.8. The van der Waals surface area contributed by atoms with Crippen molar-refractivity contribution >= 4 is 92.7 Å². The highest BCUT2D eigenvalue weighted by Gasteiger charge is 2.12. The van der Waals surface area contributed by atoms with Gasteiger partial charge in [-0.25, -0.2) is 19.9 Å². The summed E-state index contributed by atoms with van der Waals surface area (Å²) in [6.45, 7) is 0. The SMILES string of the molecule is C1=Cc2cc3cc(-c4cc5cc6nc(cc7ccc(cc8nc(cc4[nH]5)C=C8)[nH]7)C=C6)c(cc4nc(cc5ccc(cc1n2)[nH]5)C=C4)[nH]3. The molecule has 0 fully saturated rings. The number of aromatic amines is 4. The lowest BCUT2D eigenvalue weighted by molar-refractivity contribution is 1.31. The van der Waals surface area contributed by atoms with E-state index in [4.69, 9.17) is 19.9 Å². The minimum atomic E-state index is 0.864. The molecule has 8 heteroatoms. The summed E-state index contributed by atoms with van der Waals surface area (Å²) in [5.74, 6) is 0. The Morgan fingerprint density at radius 2 is 0.542 bits per heavy atom. The molecule has 0 aliphatic carbocycles. The molecule has 4 aliphatic heterocycles. The highest BCUT2D eigenvalue weighted by atomic mass is 14.8. The van der Waals surface area contributed by atoms with Gasteiger partial charge in [0.1, 0.15) is 0 Å². The fourth-order valence-corrected chi connectivity index (χ4v) is 6.48. The highest BCUT2D eigenvalue weighted by Crippen LogP contribution is 2.33. The number of fused-ring (bicyclic) bond motifs is 16. The maximum Gasteiger partial charge on any atom is 0.0658 e. The summed E-state index contributed by atoms with van der Waals surface area (Å²) in [6.07, 6.45) is 16.3. The molecule has 0 spiro atoms. The second-order valence-electron chi connectivity index (χ2n) is 12.2. The van der Waals surface area contributed by atoms with Crippen molar-refractivity contribution in [2.24, 2.45) is 0 Å². The van der Waals surface area contributed by atoms with Crippen LogP contribution in [0.1, 0.15) is 45.6 Å². The van der Waals surface area contributed by atoms with Crippen molar-refractivity contribution in [1.82, 2.24) is 39.9 Å². The van der Waals surface area contributed by atoms with Gasteiger partial charge in [0.15, 0.2) is 0 Å². The highest BCUT2D eigenvalue weighted by molar-refractivity contribution is 5.97. The summed E-state index contributed by atoms with van der Waals surface area (Å²) in [5, 5.41) is 0. The average Bonchev–Trinajstić information content (AvgIpc) is 3.89. The third-order valence-electron chi connectivity index (χ3n) is 8.63. The average molecular weight is 619 g/mol. The standard InChI is InChI=1S/C40H26N8/c1-3-25-15-29-9-11-33(45-29)21-39-37(19-35(47-39)17-31-7-5-27(43-31)13-23(1)41-25)38-20-36-18-32-8-6-28(44-32)14-24-2-4-26(42-24)16-30-10-12-34(46-30)22-40(38)48-36/h1-22,41-42,47-48H. The van der Waals surface area contributed by atoms with Crippen LogP contribution in [-0.4, -0.2) is 39.9 Å². The number of nitrogens with zero attached hydrogens (tertiary/aromatic N) is 4. The molecule has 6 aromatic heterocycles. The van der Waals surface area contributed by atoms with E-state index < -0.39 is 0 Å². The van der Waals surface area contributed by atoms with Gasteiger partial charge in [-0.05, 0) is 134 Å². The van der Waals surface area contributed by atoms with Crippen molar-refractivity contribution in [1.29, 1.82) is 0 Å². The smallest absolute Gasteiger partial charge is 0.0658 e. The van der Waals surface area contributed by atoms with Crippen molar-refractivity contribution in [3.05, 3.63) is 130 Å². The van der Waals surface area contributed by atoms with Crippen molar-refractivity contribution in [3.63, 3.8) is 0 Å². The maximum atomic E-state index is 4.91. The van der Waals surface area contributed by atoms with Crippen molar-refractivity contribution in [2.75, 3.05) is 0 Å². The third kappa shape index (κ3) is 4.98. The molecule has 6 aromatic rings. The van der Waals surface area contributed by atoms with Crippen LogP contribution >= 0.6 is 0 Å². The quantitative estimate of drug-likeness (QED) is 0.147. The number of hydrogen-bond acceptors (Lipinski definition) is 4. The zero-order valence-corrected chi connectivity index (χ0v) is 25.5. The van der Waals surface area contributed by atoms with Crippen LogP contribution in [0.4, 0.5) is 0 Å². The molecular formula is C40H26N8. The van der Waals surface area contributed by atoms with Crippen LogP contribution in [0.3, 0.4) is 0 Å². The number of nitrogens with one attached hydrogen (secondary N) is 4. The molecule has 226 valence electrons. The summed E-state index contributed by atoms with van der Waals surface area (Å²) < 4.78 is 0. The molecule has 4 aliphatic rings. The van der Waals surface area contributed by atoms with Gasteiger partial charge in [0, 0.05) is 55.3 Å². The van der Waals surface area contributed by atoms with Crippen LogP contribution in [-0.2, 0) is 0 Å². The van der Waals surface area contributed by atoms with Crippen LogP contribution < -0.4 is 0 Å². The van der Waals surface area contributed by atoms with Gasteiger partial charge in [0.05, 0.1) is 45.6 Å². The molecule has 4 N–H and O–H groups in total. The van der Waals surface area contributed by atoms with Gasteiger partial charge in [-0.1, -0.05) is 0 Å². The Morgan fingerprint density at radius 1 is 0.271 bits per heavy atom. The van der Waals surface area contributed by atoms with Gasteiger partial charge >= 0.3 is 0 Å². The van der Waals surface area contributed by atoms with Crippen LogP contribution in [0.15, 0.2) is 84.9 Å². The number of H-pyrrole nitrogens is 4. The van der Waals surface area contributed by atoms with E-state index in [2.05, 4.69) is 92.7 Å². The summed E-state index contributed by atoms with van der Waals surface area (Å²) in [7, 11) is 0. The van der Waals surface area contributed by atoms with E-state index in [9.17, 15) is 0 Å². The first kappa shape index (κ1) is 26.4. The zero-order chi connectivity index (χ0) is 31.6. The molecule has 16 bridgehead atoms. The lowest BCUT2D eigenvalue weighted by Crippen LogP contribution is -1.78. The Hall–Kier alpha value is -6.80. The van der Waals surface area contributed by atoms with Gasteiger partial charge in [-0.2, -0.15) is 0 Å². The summed E-state index contributed by atoms with van der Waals surface area (Å²) >= 11 is 0. The van der Waals surface area contributed by atoms with Crippen molar-refractivity contribution < 1.29 is 0 Å². The largest absolute Gasteiger partial charge is 0.355 e. The van der Waals surface area contributed by atoms with Gasteiger partial charge in [0.2, 0.25) is 0 Å². The Labute approximate surface area is 273 Å². The molecule has 0 aromatic carbocycles. The minimum Gasteiger partial charge on any atom is -0.355 e. The van der Waals surface area contributed by atoms with Crippen LogP contribution in [0.2, 0.25) is 0 Å². The predicted octanol–water partition coefficient (Wildman–Crippen LogP) is 9.29. The molecule has 0 radical (unpaired) electrons. The Balaban J connectivity index is 1.25. The summed E-state index contributed by atoms with van der Waals surface area (Å²) in [4.78, 5) is 33.7. The molecule has 48 heavy (non-hydrogen) atoms. The first-order valence-corrected chi connectivity index (χ1v) is 15.8. The van der Waals surface area contributed by atoms with E-state index in [1.54, 1.807) is 0 Å². The molecule has 8 nitrogen and oxygen atoms in total. The van der Waals surface area contributed by atoms with E-state index in [-0.39, 0.29) is 0 Å². The fraction of sp³-hybridized carbons (Fsp3) is 0. The van der Waals surface area contributed by atoms with Gasteiger partial charge < -0.3 is 19.9 Å². The molecular weight excluding hydrogens is 592 g/mol. The molecule has 10 heterocycles. The number of aromatic nitrogens is 8. The van der Waals surface area contributed by atoms with Crippen LogP contribution in [0.5, 0.6) is 0 Å². The van der Waals surface area contributed by atoms with E-state index >= 15 is 0 Å². The second-order valence-corrected chi connectivity index (χ2v) is 12.2. The molecule has 0 saturated heterocycles. The summed E-state index contributed by atoms with van der Waals surface area (Å²) in [5.41, 5.74) is 16.8. The van der Waals surface area contributed by atoms with E-state index in [1.165, 1.54) is 0 Å². The lowest BCUT2D eigenvalue weighted by atomic mass is 10.1. The summed E-state index contributed by atoms with van der Waals surface area (Å²) in [6, 6.07) is 29.1. The molecule has 0 saturated carbocycles. The third-order valence-corrected chi connectivity index (χ3v) is 8.63. The number of hydrogen-bond donors (Lipinski definition) is 4. The zero-order valence-electron chi connectivity index (χ0n) is 25.5. The monoisotopic (exact) mass is 618 g/mol. The molecule has 0 unspecified atom stereocenters. The van der Waals surface area contributed by atoms with Gasteiger partial charge in [0.25, 0.3) is 0 Å². The Kier molecular flexibility index (Phi) is 5.71. The molecule has 0 amide bonds. The second kappa shape index (κ2) is 10.4. The number of rotatable bonds is 1. The van der Waals surface area contributed by atoms with Gasteiger partial charge in [-0.3, -0.25) is 0 Å². The lowest BCUT2D eigenvalue weighted by Gasteiger charge is -1.96. The normalized spacial score (nSPS) is 13.1. The molecule has 10 rings (SSSR count). The van der Waals surface area contributed by atoms with Crippen molar-refractivity contribution in [2.45, 2.75) is 0 Å². The topological polar surface area (TPSA) is 115 Å². The molecule has 0 atom stereocenters. The van der Waals surface area contributed by atoms with E-state index in [0.29, 0.717) is 0 Å². The van der Waals surface area contributed by atoms with E-state index in [1.807, 2.05) is 60.7 Å². The van der Waals surface area contributed by atoms with Crippen LogP contribution in [0, 0.1) is 0 Å². The first-order chi connectivity index (χ1) is 23.6. The Bertz CT molecular complexity index is 2600. The van der Waals surface area contributed by atoms with Crippen molar-refractivity contribution in [3.8, 4) is 11.1 Å². The van der Waals surface area contributed by atoms with Gasteiger partial charge in [-0.15, -0.1) is 0 Å². The maximum absolute atomic E-state index is 4.91. The van der Waals surface area contributed by atoms with Crippen LogP contribution in [0.25, 0.3) is 104 Å². The minimum absolute atomic E-state index is 0.864. The van der Waals surface area contributed by atoms with E-state index in [0.717, 1.165) is 101 Å².